The average molecular weight is 384 g/mol. The Morgan fingerprint density at radius 2 is 1.79 bits per heavy atom. The lowest BCUT2D eigenvalue weighted by Crippen LogP contribution is -2.12. The first-order valence-corrected chi connectivity index (χ1v) is 8.98. The number of hydrogen-bond acceptors (Lipinski definition) is 6. The van der Waals surface area contributed by atoms with E-state index in [1.807, 2.05) is 44.1 Å². The predicted octanol–water partition coefficient (Wildman–Crippen LogP) is 4.04. The number of hydrogen-bond donors (Lipinski definition) is 1. The van der Waals surface area contributed by atoms with Crippen LogP contribution >= 0.6 is 0 Å². The Morgan fingerprint density at radius 3 is 2.29 bits per heavy atom. The van der Waals surface area contributed by atoms with Crippen molar-refractivity contribution in [2.24, 2.45) is 0 Å². The van der Waals surface area contributed by atoms with Crippen LogP contribution in [0.3, 0.4) is 0 Å². The Balaban J connectivity index is 2.51. The maximum absolute atomic E-state index is 13.1. The molecule has 0 fully saturated rings. The number of carbonyl (C=O) groups excluding carboxylic acids is 1. The highest BCUT2D eigenvalue weighted by Gasteiger charge is 2.17. The Labute approximate surface area is 166 Å². The van der Waals surface area contributed by atoms with Gasteiger partial charge < -0.3 is 24.8 Å². The molecule has 6 heteroatoms. The molecule has 0 heterocycles. The highest BCUT2D eigenvalue weighted by atomic mass is 16.5. The number of ether oxygens (including phenoxy) is 3. The zero-order chi connectivity index (χ0) is 20.8. The predicted molar refractivity (Wildman–Crippen MR) is 114 cm³/mol. The first-order chi connectivity index (χ1) is 13.4. The quantitative estimate of drug-likeness (QED) is 0.421. The largest absolute Gasteiger partial charge is 0.497 e. The fourth-order valence-corrected chi connectivity index (χ4v) is 3.00. The first kappa shape index (κ1) is 21.2. The molecule has 28 heavy (non-hydrogen) atoms. The normalized spacial score (nSPS) is 11.1. The highest BCUT2D eigenvalue weighted by molar-refractivity contribution is 6.12. The average Bonchev–Trinajstić information content (AvgIpc) is 2.70. The summed E-state index contributed by atoms with van der Waals surface area (Å²) >= 11 is 0. The van der Waals surface area contributed by atoms with Crippen molar-refractivity contribution in [3.8, 4) is 17.2 Å². The summed E-state index contributed by atoms with van der Waals surface area (Å²) in [6, 6.07) is 8.91. The number of Topliss-reactive ketones (excluding diaryl/α,β-unsaturated/α-hetero) is 1. The van der Waals surface area contributed by atoms with Gasteiger partial charge in [-0.2, -0.15) is 0 Å². The zero-order valence-corrected chi connectivity index (χ0v) is 17.3. The van der Waals surface area contributed by atoms with Gasteiger partial charge in [0.15, 0.2) is 17.3 Å². The minimum atomic E-state index is -0.0802. The Kier molecular flexibility index (Phi) is 6.93. The number of benzene rings is 2. The van der Waals surface area contributed by atoms with Crippen LogP contribution in [-0.4, -0.2) is 41.2 Å². The molecule has 0 saturated heterocycles. The van der Waals surface area contributed by atoms with Gasteiger partial charge in [-0.25, -0.2) is 0 Å². The molecule has 2 aromatic carbocycles. The number of rotatable bonds is 8. The van der Waals surface area contributed by atoms with Crippen molar-refractivity contribution < 1.29 is 19.0 Å². The van der Waals surface area contributed by atoms with Crippen molar-refractivity contribution in [2.45, 2.75) is 13.3 Å². The van der Waals surface area contributed by atoms with Crippen LogP contribution < -0.4 is 24.8 Å². The number of nitrogens with two attached hydrogens (primary N) is 1. The van der Waals surface area contributed by atoms with Crippen LogP contribution in [0, 0.1) is 0 Å². The molecule has 0 bridgehead atoms. The molecule has 2 N–H and O–H groups in total. The fraction of sp³-hybridized carbons (Fsp3) is 0.318. The van der Waals surface area contributed by atoms with Gasteiger partial charge in [0.05, 0.1) is 32.7 Å². The summed E-state index contributed by atoms with van der Waals surface area (Å²) in [4.78, 5) is 15.0. The van der Waals surface area contributed by atoms with Gasteiger partial charge in [0, 0.05) is 36.9 Å². The third-order valence-electron chi connectivity index (χ3n) is 4.49. The van der Waals surface area contributed by atoms with Crippen molar-refractivity contribution in [3.63, 3.8) is 0 Å². The second-order valence-electron chi connectivity index (χ2n) is 6.47. The third kappa shape index (κ3) is 4.39. The van der Waals surface area contributed by atoms with Crippen LogP contribution in [0.15, 0.2) is 35.9 Å². The summed E-state index contributed by atoms with van der Waals surface area (Å²) in [5, 5.41) is 0. The van der Waals surface area contributed by atoms with E-state index < -0.39 is 0 Å². The van der Waals surface area contributed by atoms with Crippen molar-refractivity contribution in [3.05, 3.63) is 47.0 Å². The van der Waals surface area contributed by atoms with Crippen molar-refractivity contribution in [2.75, 3.05) is 46.1 Å². The molecule has 0 aliphatic heterocycles. The minimum Gasteiger partial charge on any atom is -0.497 e. The summed E-state index contributed by atoms with van der Waals surface area (Å²) in [5.41, 5.74) is 9.43. The Morgan fingerprint density at radius 1 is 1.07 bits per heavy atom. The SMILES string of the molecule is CCC(=Cc1cc(OC)cc(OC)c1OC)C(=O)c1ccc(N(C)C)c(N)c1. The van der Waals surface area contributed by atoms with E-state index in [0.717, 1.165) is 5.69 Å². The molecule has 2 aromatic rings. The molecular formula is C22H28N2O4. The van der Waals surface area contributed by atoms with Crippen molar-refractivity contribution in [1.82, 2.24) is 0 Å². The van der Waals surface area contributed by atoms with E-state index in [0.29, 0.717) is 46.1 Å². The topological polar surface area (TPSA) is 74.0 Å². The molecule has 150 valence electrons. The van der Waals surface area contributed by atoms with Crippen LogP contribution in [0.25, 0.3) is 6.08 Å². The molecule has 0 aliphatic rings. The second-order valence-corrected chi connectivity index (χ2v) is 6.47. The number of allylic oxidation sites excluding steroid dienone is 1. The Hall–Kier alpha value is -3.15. The lowest BCUT2D eigenvalue weighted by Gasteiger charge is -2.16. The zero-order valence-electron chi connectivity index (χ0n) is 17.3. The summed E-state index contributed by atoms with van der Waals surface area (Å²) < 4.78 is 16.2. The van der Waals surface area contributed by atoms with Crippen LogP contribution in [0.2, 0.25) is 0 Å². The van der Waals surface area contributed by atoms with E-state index in [-0.39, 0.29) is 5.78 Å². The molecule has 2 rings (SSSR count). The minimum absolute atomic E-state index is 0.0802. The monoisotopic (exact) mass is 384 g/mol. The van der Waals surface area contributed by atoms with Gasteiger partial charge in [-0.1, -0.05) is 6.92 Å². The van der Waals surface area contributed by atoms with E-state index in [2.05, 4.69) is 0 Å². The van der Waals surface area contributed by atoms with E-state index in [9.17, 15) is 4.79 Å². The van der Waals surface area contributed by atoms with E-state index >= 15 is 0 Å². The summed E-state index contributed by atoms with van der Waals surface area (Å²) in [7, 11) is 8.53. The van der Waals surface area contributed by atoms with Gasteiger partial charge in [0.2, 0.25) is 0 Å². The number of anilines is 2. The molecule has 0 amide bonds. The molecule has 0 saturated carbocycles. The van der Waals surface area contributed by atoms with Gasteiger partial charge in [0.1, 0.15) is 5.75 Å². The lowest BCUT2D eigenvalue weighted by atomic mass is 9.97. The first-order valence-electron chi connectivity index (χ1n) is 8.98. The number of methoxy groups -OCH3 is 3. The highest BCUT2D eigenvalue weighted by Crippen LogP contribution is 2.37. The van der Waals surface area contributed by atoms with Crippen LogP contribution in [-0.2, 0) is 0 Å². The molecule has 0 aromatic heterocycles. The van der Waals surface area contributed by atoms with E-state index in [1.165, 1.54) is 0 Å². The summed E-state index contributed by atoms with van der Waals surface area (Å²) in [5.74, 6) is 1.62. The molecule has 0 radical (unpaired) electrons. The fourth-order valence-electron chi connectivity index (χ4n) is 3.00. The lowest BCUT2D eigenvalue weighted by molar-refractivity contribution is 0.103. The van der Waals surface area contributed by atoms with E-state index in [1.54, 1.807) is 39.5 Å². The standard InChI is InChI=1S/C22H28N2O4/c1-7-14(21(25)15-8-9-19(24(2)3)18(23)12-15)10-16-11-17(26-4)13-20(27-5)22(16)28-6/h8-13H,7,23H2,1-6H3. The van der Waals surface area contributed by atoms with Gasteiger partial charge in [0.25, 0.3) is 0 Å². The van der Waals surface area contributed by atoms with Gasteiger partial charge in [-0.3, -0.25) is 4.79 Å². The number of carbonyl (C=O) groups is 1. The van der Waals surface area contributed by atoms with Crippen molar-refractivity contribution >= 4 is 23.2 Å². The molecule has 0 aliphatic carbocycles. The molecule has 0 unspecified atom stereocenters. The number of ketones is 1. The molecule has 0 atom stereocenters. The Bertz CT molecular complexity index is 888. The van der Waals surface area contributed by atoms with E-state index in [4.69, 9.17) is 19.9 Å². The maximum atomic E-state index is 13.1. The van der Waals surface area contributed by atoms with Crippen LogP contribution in [0.4, 0.5) is 11.4 Å². The number of nitrogen functional groups attached to an aromatic ring is 1. The third-order valence-corrected chi connectivity index (χ3v) is 4.49. The smallest absolute Gasteiger partial charge is 0.189 e. The van der Waals surface area contributed by atoms with Crippen LogP contribution in [0.5, 0.6) is 17.2 Å². The molecular weight excluding hydrogens is 356 g/mol. The van der Waals surface area contributed by atoms with Gasteiger partial charge in [-0.15, -0.1) is 0 Å². The van der Waals surface area contributed by atoms with Crippen molar-refractivity contribution in [1.29, 1.82) is 0 Å². The maximum Gasteiger partial charge on any atom is 0.189 e. The summed E-state index contributed by atoms with van der Waals surface area (Å²) in [6.45, 7) is 1.94. The molecule has 0 spiro atoms. The van der Waals surface area contributed by atoms with Crippen LogP contribution in [0.1, 0.15) is 29.3 Å². The number of nitrogens with zero attached hydrogens (tertiary/aromatic N) is 1. The van der Waals surface area contributed by atoms with Gasteiger partial charge >= 0.3 is 0 Å². The summed E-state index contributed by atoms with van der Waals surface area (Å²) in [6.07, 6.45) is 2.36. The van der Waals surface area contributed by atoms with Gasteiger partial charge in [-0.05, 0) is 36.8 Å². The second kappa shape index (κ2) is 9.17. The molecule has 6 nitrogen and oxygen atoms in total.